The zero-order chi connectivity index (χ0) is 22.5. The number of nitro groups is 1. The number of nitrogens with one attached hydrogen (secondary N) is 1. The van der Waals surface area contributed by atoms with E-state index in [1.54, 1.807) is 0 Å². The summed E-state index contributed by atoms with van der Waals surface area (Å²) in [5.41, 5.74) is -0.261. The molecule has 1 heterocycles. The lowest BCUT2D eigenvalue weighted by Crippen LogP contribution is -2.51. The number of nitrogens with zero attached hydrogens (tertiary/aromatic N) is 3. The van der Waals surface area contributed by atoms with E-state index in [1.807, 2.05) is 0 Å². The minimum absolute atomic E-state index is 0.00340. The predicted octanol–water partition coefficient (Wildman–Crippen LogP) is -0.640. The van der Waals surface area contributed by atoms with Crippen molar-refractivity contribution in [1.82, 2.24) is 14.5 Å². The molecule has 1 fully saturated rings. The second kappa shape index (κ2) is 9.63. The van der Waals surface area contributed by atoms with Crippen LogP contribution < -0.4 is 5.32 Å². The first-order chi connectivity index (χ1) is 14.0. The number of esters is 1. The van der Waals surface area contributed by atoms with Gasteiger partial charge in [0.05, 0.1) is 11.2 Å². The molecule has 1 aromatic rings. The van der Waals surface area contributed by atoms with Crippen LogP contribution in [0.3, 0.4) is 0 Å². The van der Waals surface area contributed by atoms with E-state index < -0.39 is 45.4 Å². The Morgan fingerprint density at radius 2 is 1.87 bits per heavy atom. The number of sulfonamides is 1. The Kier molecular flexibility index (Phi) is 7.45. The van der Waals surface area contributed by atoms with Gasteiger partial charge in [-0.2, -0.15) is 4.31 Å². The van der Waals surface area contributed by atoms with Crippen LogP contribution in [0.25, 0.3) is 0 Å². The molecule has 164 valence electrons. The SMILES string of the molecule is C[C@H](NC(=O)c1cccc([N+](=O)[O-])c1)C(=O)OCC(=O)N1CCN(S(C)(=O)=O)CC1. The Morgan fingerprint density at radius 1 is 1.23 bits per heavy atom. The Hall–Kier alpha value is -3.06. The predicted molar refractivity (Wildman–Crippen MR) is 104 cm³/mol. The fourth-order valence-corrected chi connectivity index (χ4v) is 3.54. The molecule has 0 bridgehead atoms. The van der Waals surface area contributed by atoms with Crippen LogP contribution in [0.15, 0.2) is 24.3 Å². The van der Waals surface area contributed by atoms with E-state index in [0.717, 1.165) is 12.3 Å². The second-order valence-corrected chi connectivity index (χ2v) is 8.64. The summed E-state index contributed by atoms with van der Waals surface area (Å²) in [7, 11) is -3.32. The minimum Gasteiger partial charge on any atom is -0.454 e. The molecule has 1 aromatic carbocycles. The molecule has 0 radical (unpaired) electrons. The van der Waals surface area contributed by atoms with Crippen molar-refractivity contribution < 1.29 is 32.5 Å². The number of hydrogen-bond donors (Lipinski definition) is 1. The third-order valence-corrected chi connectivity index (χ3v) is 5.72. The lowest BCUT2D eigenvalue weighted by Gasteiger charge is -2.33. The third kappa shape index (κ3) is 6.22. The lowest BCUT2D eigenvalue weighted by atomic mass is 10.2. The molecule has 0 aromatic heterocycles. The van der Waals surface area contributed by atoms with E-state index in [-0.39, 0.29) is 37.4 Å². The minimum atomic E-state index is -3.32. The van der Waals surface area contributed by atoms with Crippen molar-refractivity contribution in [2.24, 2.45) is 0 Å². The molecule has 1 aliphatic heterocycles. The maximum absolute atomic E-state index is 12.2. The molecule has 1 aliphatic rings. The summed E-state index contributed by atoms with van der Waals surface area (Å²) in [4.78, 5) is 47.9. The zero-order valence-electron chi connectivity index (χ0n) is 16.4. The van der Waals surface area contributed by atoms with Crippen LogP contribution in [0, 0.1) is 10.1 Å². The first-order valence-corrected chi connectivity index (χ1v) is 10.8. The smallest absolute Gasteiger partial charge is 0.328 e. The number of amides is 2. The highest BCUT2D eigenvalue weighted by Gasteiger charge is 2.27. The van der Waals surface area contributed by atoms with Gasteiger partial charge in [0.2, 0.25) is 10.0 Å². The Morgan fingerprint density at radius 3 is 2.43 bits per heavy atom. The van der Waals surface area contributed by atoms with Crippen LogP contribution in [0.2, 0.25) is 0 Å². The van der Waals surface area contributed by atoms with Crippen molar-refractivity contribution in [3.05, 3.63) is 39.9 Å². The van der Waals surface area contributed by atoms with Crippen molar-refractivity contribution in [1.29, 1.82) is 0 Å². The van der Waals surface area contributed by atoms with Crippen LogP contribution >= 0.6 is 0 Å². The Bertz CT molecular complexity index is 941. The van der Waals surface area contributed by atoms with E-state index in [2.05, 4.69) is 5.32 Å². The summed E-state index contributed by atoms with van der Waals surface area (Å²) >= 11 is 0. The van der Waals surface area contributed by atoms with Crippen LogP contribution in [-0.4, -0.2) is 85.4 Å². The van der Waals surface area contributed by atoms with Crippen molar-refractivity contribution in [3.8, 4) is 0 Å². The van der Waals surface area contributed by atoms with Gasteiger partial charge in [-0.05, 0) is 13.0 Å². The number of rotatable bonds is 7. The summed E-state index contributed by atoms with van der Waals surface area (Å²) in [6.45, 7) is 1.50. The van der Waals surface area contributed by atoms with E-state index in [0.29, 0.717) is 0 Å². The summed E-state index contributed by atoms with van der Waals surface area (Å²) in [6.07, 6.45) is 1.09. The van der Waals surface area contributed by atoms with Crippen LogP contribution in [0.4, 0.5) is 5.69 Å². The summed E-state index contributed by atoms with van der Waals surface area (Å²) in [6, 6.07) is 3.92. The topological polar surface area (TPSA) is 156 Å². The Balaban J connectivity index is 1.82. The normalized spacial score (nSPS) is 15.9. The van der Waals surface area contributed by atoms with E-state index >= 15 is 0 Å². The van der Waals surface area contributed by atoms with Gasteiger partial charge in [-0.1, -0.05) is 6.07 Å². The number of carbonyl (C=O) groups is 3. The number of benzene rings is 1. The first kappa shape index (κ1) is 23.2. The average molecular weight is 442 g/mol. The summed E-state index contributed by atoms with van der Waals surface area (Å²) < 4.78 is 29.1. The maximum atomic E-state index is 12.2. The highest BCUT2D eigenvalue weighted by atomic mass is 32.2. The molecule has 1 saturated heterocycles. The van der Waals surface area contributed by atoms with Gasteiger partial charge >= 0.3 is 5.97 Å². The largest absolute Gasteiger partial charge is 0.454 e. The van der Waals surface area contributed by atoms with Crippen LogP contribution in [0.5, 0.6) is 0 Å². The number of ether oxygens (including phenoxy) is 1. The molecule has 30 heavy (non-hydrogen) atoms. The van der Waals surface area contributed by atoms with Crippen LogP contribution in [0.1, 0.15) is 17.3 Å². The number of hydrogen-bond acceptors (Lipinski definition) is 8. The fourth-order valence-electron chi connectivity index (χ4n) is 2.72. The first-order valence-electron chi connectivity index (χ1n) is 8.94. The quantitative estimate of drug-likeness (QED) is 0.332. The molecule has 0 aliphatic carbocycles. The third-order valence-electron chi connectivity index (χ3n) is 4.42. The molecular weight excluding hydrogens is 420 g/mol. The average Bonchev–Trinajstić information content (AvgIpc) is 2.71. The molecule has 0 spiro atoms. The molecule has 1 N–H and O–H groups in total. The molecule has 0 saturated carbocycles. The molecule has 0 unspecified atom stereocenters. The van der Waals surface area contributed by atoms with Gasteiger partial charge in [0, 0.05) is 43.9 Å². The van der Waals surface area contributed by atoms with Crippen molar-refractivity contribution in [3.63, 3.8) is 0 Å². The van der Waals surface area contributed by atoms with Gasteiger partial charge in [0.1, 0.15) is 6.04 Å². The molecule has 2 rings (SSSR count). The number of non-ortho nitro benzene ring substituents is 1. The second-order valence-electron chi connectivity index (χ2n) is 6.65. The Labute approximate surface area is 173 Å². The van der Waals surface area contributed by atoms with E-state index in [4.69, 9.17) is 4.74 Å². The van der Waals surface area contributed by atoms with Gasteiger partial charge < -0.3 is 15.0 Å². The standard InChI is InChI=1S/C17H22N4O8S/c1-12(18-16(23)13-4-3-5-14(10-13)21(25)26)17(24)29-11-15(22)19-6-8-20(9-7-19)30(2,27)28/h3-5,10,12H,6-9,11H2,1-2H3,(H,18,23)/t12-/m0/s1. The highest BCUT2D eigenvalue weighted by Crippen LogP contribution is 2.13. The maximum Gasteiger partial charge on any atom is 0.328 e. The zero-order valence-corrected chi connectivity index (χ0v) is 17.3. The lowest BCUT2D eigenvalue weighted by molar-refractivity contribution is -0.384. The summed E-state index contributed by atoms with van der Waals surface area (Å²) in [5.74, 6) is -2.03. The van der Waals surface area contributed by atoms with Crippen molar-refractivity contribution >= 4 is 33.5 Å². The van der Waals surface area contributed by atoms with Gasteiger partial charge in [-0.25, -0.2) is 13.2 Å². The van der Waals surface area contributed by atoms with Crippen molar-refractivity contribution in [2.45, 2.75) is 13.0 Å². The van der Waals surface area contributed by atoms with Crippen molar-refractivity contribution in [2.75, 3.05) is 39.0 Å². The molecular formula is C17H22N4O8S. The van der Waals surface area contributed by atoms with Gasteiger partial charge in [-0.3, -0.25) is 19.7 Å². The molecule has 12 nitrogen and oxygen atoms in total. The molecule has 2 amide bonds. The van der Waals surface area contributed by atoms with Gasteiger partial charge in [0.15, 0.2) is 6.61 Å². The monoisotopic (exact) mass is 442 g/mol. The van der Waals surface area contributed by atoms with E-state index in [9.17, 15) is 32.9 Å². The van der Waals surface area contributed by atoms with Crippen LogP contribution in [-0.2, 0) is 24.3 Å². The van der Waals surface area contributed by atoms with E-state index in [1.165, 1.54) is 34.3 Å². The number of carbonyl (C=O) groups excluding carboxylic acids is 3. The van der Waals surface area contributed by atoms with Gasteiger partial charge in [0.25, 0.3) is 17.5 Å². The number of piperazine rings is 1. The molecule has 13 heteroatoms. The fraction of sp³-hybridized carbons (Fsp3) is 0.471. The number of nitro benzene ring substituents is 1. The summed E-state index contributed by atoms with van der Waals surface area (Å²) in [5, 5.41) is 13.1. The highest BCUT2D eigenvalue weighted by molar-refractivity contribution is 7.88. The van der Waals surface area contributed by atoms with Gasteiger partial charge in [-0.15, -0.1) is 0 Å². The molecule has 1 atom stereocenters.